The molecule has 0 saturated heterocycles. The van der Waals surface area contributed by atoms with Crippen molar-refractivity contribution >= 4 is 5.91 Å². The van der Waals surface area contributed by atoms with E-state index in [1.165, 1.54) is 37.6 Å². The van der Waals surface area contributed by atoms with Crippen LogP contribution in [-0.2, 0) is 13.1 Å². The molecule has 9 nitrogen and oxygen atoms in total. The predicted molar refractivity (Wildman–Crippen MR) is 116 cm³/mol. The van der Waals surface area contributed by atoms with Crippen molar-refractivity contribution in [2.75, 3.05) is 7.11 Å². The summed E-state index contributed by atoms with van der Waals surface area (Å²) in [6.45, 7) is -0.137. The first-order valence-electron chi connectivity index (χ1n) is 9.90. The molecule has 0 aliphatic heterocycles. The number of aromatic nitrogens is 3. The third-order valence-corrected chi connectivity index (χ3v) is 4.85. The SMILES string of the molecule is COc1ccc(-n2nc(C(=O)NCc3ccco3)c(=O)n(Cc3ccc(F)cc3)c2=O)cc1. The van der Waals surface area contributed by atoms with Gasteiger partial charge in [-0.15, -0.1) is 0 Å². The smallest absolute Gasteiger partial charge is 0.352 e. The molecule has 0 bridgehead atoms. The van der Waals surface area contributed by atoms with E-state index in [1.807, 2.05) is 0 Å². The second-order valence-corrected chi connectivity index (χ2v) is 7.02. The highest BCUT2D eigenvalue weighted by Gasteiger charge is 2.21. The maximum Gasteiger partial charge on any atom is 0.352 e. The van der Waals surface area contributed by atoms with Crippen molar-refractivity contribution in [3.8, 4) is 11.4 Å². The van der Waals surface area contributed by atoms with Crippen LogP contribution in [0.5, 0.6) is 5.75 Å². The number of amides is 1. The Morgan fingerprint density at radius 3 is 2.45 bits per heavy atom. The first-order valence-corrected chi connectivity index (χ1v) is 9.90. The van der Waals surface area contributed by atoms with Crippen LogP contribution in [0.2, 0.25) is 0 Å². The molecular weight excluding hydrogens is 431 g/mol. The molecule has 2 aromatic carbocycles. The zero-order valence-electron chi connectivity index (χ0n) is 17.5. The Morgan fingerprint density at radius 2 is 1.82 bits per heavy atom. The van der Waals surface area contributed by atoms with Crippen LogP contribution < -0.4 is 21.3 Å². The van der Waals surface area contributed by atoms with Crippen molar-refractivity contribution in [1.82, 2.24) is 19.7 Å². The van der Waals surface area contributed by atoms with Gasteiger partial charge in [-0.2, -0.15) is 9.78 Å². The number of hydrogen-bond acceptors (Lipinski definition) is 6. The molecule has 4 rings (SSSR count). The molecule has 0 fully saturated rings. The summed E-state index contributed by atoms with van der Waals surface area (Å²) < 4.78 is 25.4. The fraction of sp³-hybridized carbons (Fsp3) is 0.130. The standard InChI is InChI=1S/C23H19FN4O5/c1-32-18-10-8-17(9-11-18)28-23(31)27(14-15-4-6-16(24)7-5-15)22(30)20(26-28)21(29)25-13-19-3-2-12-33-19/h2-12H,13-14H2,1H3,(H,25,29). The lowest BCUT2D eigenvalue weighted by Crippen LogP contribution is -2.46. The first kappa shape index (κ1) is 21.8. The number of ether oxygens (including phenoxy) is 1. The topological polar surface area (TPSA) is 108 Å². The van der Waals surface area contributed by atoms with Crippen molar-refractivity contribution in [2.24, 2.45) is 0 Å². The number of carbonyl (C=O) groups excluding carboxylic acids is 1. The van der Waals surface area contributed by atoms with Gasteiger partial charge in [-0.1, -0.05) is 12.1 Å². The number of carbonyl (C=O) groups is 1. The van der Waals surface area contributed by atoms with E-state index in [0.29, 0.717) is 22.8 Å². The van der Waals surface area contributed by atoms with E-state index in [0.717, 1.165) is 9.25 Å². The van der Waals surface area contributed by atoms with Gasteiger partial charge >= 0.3 is 5.69 Å². The van der Waals surface area contributed by atoms with Gasteiger partial charge in [-0.25, -0.2) is 9.18 Å². The van der Waals surface area contributed by atoms with Crippen LogP contribution in [0, 0.1) is 5.82 Å². The summed E-state index contributed by atoms with van der Waals surface area (Å²) in [5, 5.41) is 6.60. The number of benzene rings is 2. The van der Waals surface area contributed by atoms with Gasteiger partial charge in [-0.05, 0) is 54.1 Å². The van der Waals surface area contributed by atoms with Gasteiger partial charge in [0.2, 0.25) is 5.69 Å². The Balaban J connectivity index is 1.78. The zero-order chi connectivity index (χ0) is 23.4. The second-order valence-electron chi connectivity index (χ2n) is 7.02. The van der Waals surface area contributed by atoms with E-state index in [-0.39, 0.29) is 13.1 Å². The summed E-state index contributed by atoms with van der Waals surface area (Å²) in [6.07, 6.45) is 1.46. The van der Waals surface area contributed by atoms with E-state index >= 15 is 0 Å². The molecule has 0 aliphatic rings. The van der Waals surface area contributed by atoms with Crippen molar-refractivity contribution in [1.29, 1.82) is 0 Å². The Kier molecular flexibility index (Phi) is 6.16. The Bertz CT molecular complexity index is 1370. The van der Waals surface area contributed by atoms with Gasteiger partial charge in [0.05, 0.1) is 32.1 Å². The summed E-state index contributed by atoms with van der Waals surface area (Å²) >= 11 is 0. The number of halogens is 1. The molecule has 0 radical (unpaired) electrons. The van der Waals surface area contributed by atoms with E-state index in [9.17, 15) is 18.8 Å². The lowest BCUT2D eigenvalue weighted by Gasteiger charge is -2.12. The third kappa shape index (κ3) is 4.74. The maximum atomic E-state index is 13.3. The quantitative estimate of drug-likeness (QED) is 0.462. The monoisotopic (exact) mass is 450 g/mol. The van der Waals surface area contributed by atoms with Gasteiger partial charge in [0.15, 0.2) is 0 Å². The molecular formula is C23H19FN4O5. The average molecular weight is 450 g/mol. The van der Waals surface area contributed by atoms with Crippen molar-refractivity contribution in [3.05, 3.63) is 111 Å². The van der Waals surface area contributed by atoms with E-state index in [4.69, 9.17) is 9.15 Å². The van der Waals surface area contributed by atoms with Crippen LogP contribution in [0.3, 0.4) is 0 Å². The molecule has 0 atom stereocenters. The minimum atomic E-state index is -0.869. The van der Waals surface area contributed by atoms with Crippen LogP contribution in [0.1, 0.15) is 21.8 Å². The number of methoxy groups -OCH3 is 1. The molecule has 0 spiro atoms. The lowest BCUT2D eigenvalue weighted by molar-refractivity contribution is 0.0938. The van der Waals surface area contributed by atoms with Crippen LogP contribution in [0.25, 0.3) is 5.69 Å². The minimum Gasteiger partial charge on any atom is -0.497 e. The van der Waals surface area contributed by atoms with Crippen LogP contribution in [-0.4, -0.2) is 27.4 Å². The summed E-state index contributed by atoms with van der Waals surface area (Å²) in [5.41, 5.74) is -1.26. The minimum absolute atomic E-state index is 0.0343. The molecule has 0 unspecified atom stereocenters. The van der Waals surface area contributed by atoms with Gasteiger partial charge < -0.3 is 14.5 Å². The Morgan fingerprint density at radius 1 is 1.09 bits per heavy atom. The molecule has 2 heterocycles. The highest BCUT2D eigenvalue weighted by Crippen LogP contribution is 2.13. The van der Waals surface area contributed by atoms with Crippen LogP contribution >= 0.6 is 0 Å². The first-order chi connectivity index (χ1) is 16.0. The van der Waals surface area contributed by atoms with Gasteiger partial charge in [0.25, 0.3) is 11.5 Å². The summed E-state index contributed by atoms with van der Waals surface area (Å²) in [5.74, 6) is -0.178. The summed E-state index contributed by atoms with van der Waals surface area (Å²) in [7, 11) is 1.50. The fourth-order valence-corrected chi connectivity index (χ4v) is 3.12. The molecule has 4 aromatic rings. The zero-order valence-corrected chi connectivity index (χ0v) is 17.5. The number of hydrogen-bond donors (Lipinski definition) is 1. The Labute approximate surface area is 186 Å². The highest BCUT2D eigenvalue weighted by atomic mass is 19.1. The molecule has 168 valence electrons. The number of furan rings is 1. The van der Waals surface area contributed by atoms with Crippen LogP contribution in [0.15, 0.2) is 80.9 Å². The number of nitrogens with one attached hydrogen (secondary N) is 1. The lowest BCUT2D eigenvalue weighted by atomic mass is 10.2. The normalized spacial score (nSPS) is 10.7. The summed E-state index contributed by atoms with van der Waals surface area (Å²) in [6, 6.07) is 15.1. The average Bonchev–Trinajstić information content (AvgIpc) is 3.35. The maximum absolute atomic E-state index is 13.3. The summed E-state index contributed by atoms with van der Waals surface area (Å²) in [4.78, 5) is 39.0. The molecule has 1 amide bonds. The molecule has 33 heavy (non-hydrogen) atoms. The fourth-order valence-electron chi connectivity index (χ4n) is 3.12. The second kappa shape index (κ2) is 9.35. The van der Waals surface area contributed by atoms with Crippen molar-refractivity contribution < 1.29 is 18.3 Å². The largest absolute Gasteiger partial charge is 0.497 e. The number of rotatable bonds is 7. The van der Waals surface area contributed by atoms with E-state index in [2.05, 4.69) is 10.4 Å². The molecule has 10 heteroatoms. The van der Waals surface area contributed by atoms with E-state index in [1.54, 1.807) is 36.4 Å². The van der Waals surface area contributed by atoms with E-state index < -0.39 is 28.7 Å². The molecule has 0 aliphatic carbocycles. The predicted octanol–water partition coefficient (Wildman–Crippen LogP) is 2.11. The number of nitrogens with zero attached hydrogens (tertiary/aromatic N) is 3. The molecule has 0 saturated carbocycles. The third-order valence-electron chi connectivity index (χ3n) is 4.85. The molecule has 1 N–H and O–H groups in total. The van der Waals surface area contributed by atoms with Crippen LogP contribution in [0.4, 0.5) is 4.39 Å². The van der Waals surface area contributed by atoms with Gasteiger partial charge in [0.1, 0.15) is 17.3 Å². The van der Waals surface area contributed by atoms with Gasteiger partial charge in [-0.3, -0.25) is 14.2 Å². The molecule has 2 aromatic heterocycles. The van der Waals surface area contributed by atoms with Gasteiger partial charge in [0, 0.05) is 0 Å². The van der Waals surface area contributed by atoms with Crippen molar-refractivity contribution in [3.63, 3.8) is 0 Å². The van der Waals surface area contributed by atoms with Crippen molar-refractivity contribution in [2.45, 2.75) is 13.1 Å². The Hall–Kier alpha value is -4.47. The highest BCUT2D eigenvalue weighted by molar-refractivity contribution is 5.91.